The molecule has 1 rings (SSSR count). The molecule has 0 aromatic heterocycles. The lowest BCUT2D eigenvalue weighted by molar-refractivity contribution is -0.0730. The highest BCUT2D eigenvalue weighted by Gasteiger charge is 2.40. The first-order valence-electron chi connectivity index (χ1n) is 13.1. The van der Waals surface area contributed by atoms with Crippen LogP contribution >= 0.6 is 0 Å². The van der Waals surface area contributed by atoms with Crippen molar-refractivity contribution >= 4 is 0 Å². The fraction of sp³-hybridized carbons (Fsp3) is 0.923. The molecule has 0 saturated carbocycles. The lowest BCUT2D eigenvalue weighted by Crippen LogP contribution is -2.41. The number of ether oxygens (including phenoxy) is 2. The molecule has 0 unspecified atom stereocenters. The zero-order valence-corrected chi connectivity index (χ0v) is 20.1. The molecule has 0 aromatic rings. The summed E-state index contributed by atoms with van der Waals surface area (Å²) in [6, 6.07) is 0. The summed E-state index contributed by atoms with van der Waals surface area (Å²) in [6.45, 7) is 2.67. The van der Waals surface area contributed by atoms with Crippen LogP contribution in [0.1, 0.15) is 110 Å². The fourth-order valence-electron chi connectivity index (χ4n) is 4.21. The molecule has 3 N–H and O–H groups in total. The van der Waals surface area contributed by atoms with Gasteiger partial charge in [0.05, 0.1) is 13.2 Å². The highest BCUT2D eigenvalue weighted by molar-refractivity contribution is 4.88. The molecule has 4 atom stereocenters. The molecule has 0 aliphatic carbocycles. The lowest BCUT2D eigenvalue weighted by atomic mass is 10.0. The summed E-state index contributed by atoms with van der Waals surface area (Å²) in [6.07, 6.45) is 22.5. The van der Waals surface area contributed by atoms with E-state index < -0.39 is 31.0 Å². The minimum absolute atomic E-state index is 0.277. The molecule has 5 nitrogen and oxygen atoms in total. The van der Waals surface area contributed by atoms with Crippen molar-refractivity contribution in [3.63, 3.8) is 0 Å². The monoisotopic (exact) mass is 442 g/mol. The third kappa shape index (κ3) is 14.3. The number of rotatable bonds is 21. The Hall–Kier alpha value is -0.460. The number of unbranched alkanes of at least 4 members (excludes halogenated alkanes) is 14. The SMILES string of the molecule is CC/C=C/CCCCCCCCCCCCCCCCO[C@H]1CO[C@@H]([C@H](O)CO)[C@H]1O. The van der Waals surface area contributed by atoms with Crippen LogP contribution < -0.4 is 0 Å². The van der Waals surface area contributed by atoms with E-state index >= 15 is 0 Å². The van der Waals surface area contributed by atoms with Gasteiger partial charge in [-0.25, -0.2) is 0 Å². The molecule has 1 aliphatic heterocycles. The summed E-state index contributed by atoms with van der Waals surface area (Å²) in [7, 11) is 0. The van der Waals surface area contributed by atoms with Crippen molar-refractivity contribution in [3.05, 3.63) is 12.2 Å². The molecule has 0 bridgehead atoms. The maximum atomic E-state index is 10.1. The van der Waals surface area contributed by atoms with Crippen LogP contribution in [0.25, 0.3) is 0 Å². The van der Waals surface area contributed by atoms with Gasteiger partial charge in [0, 0.05) is 6.61 Å². The third-order valence-electron chi connectivity index (χ3n) is 6.24. The van der Waals surface area contributed by atoms with Gasteiger partial charge in [0.1, 0.15) is 24.4 Å². The normalized spacial score (nSPS) is 22.5. The van der Waals surface area contributed by atoms with E-state index in [1.807, 2.05) is 0 Å². The number of allylic oxidation sites excluding steroid dienone is 2. The largest absolute Gasteiger partial charge is 0.394 e. The second-order valence-electron chi connectivity index (χ2n) is 9.07. The zero-order valence-electron chi connectivity index (χ0n) is 20.1. The van der Waals surface area contributed by atoms with E-state index in [1.165, 1.54) is 83.5 Å². The predicted molar refractivity (Wildman–Crippen MR) is 127 cm³/mol. The molecule has 0 amide bonds. The summed E-state index contributed by atoms with van der Waals surface area (Å²) < 4.78 is 11.0. The molecular formula is C26H50O5. The van der Waals surface area contributed by atoms with Gasteiger partial charge in [-0.3, -0.25) is 0 Å². The van der Waals surface area contributed by atoms with Gasteiger partial charge in [-0.05, 0) is 25.7 Å². The van der Waals surface area contributed by atoms with Gasteiger partial charge in [0.15, 0.2) is 0 Å². The summed E-state index contributed by atoms with van der Waals surface area (Å²) in [5, 5.41) is 28.6. The Bertz CT molecular complexity index is 415. The molecular weight excluding hydrogens is 392 g/mol. The average molecular weight is 443 g/mol. The van der Waals surface area contributed by atoms with E-state index in [0.717, 1.165) is 19.3 Å². The van der Waals surface area contributed by atoms with Gasteiger partial charge < -0.3 is 24.8 Å². The highest BCUT2D eigenvalue weighted by atomic mass is 16.6. The van der Waals surface area contributed by atoms with E-state index in [-0.39, 0.29) is 6.61 Å². The molecule has 5 heteroatoms. The first-order valence-corrected chi connectivity index (χ1v) is 13.1. The van der Waals surface area contributed by atoms with Crippen LogP contribution in [-0.2, 0) is 9.47 Å². The standard InChI is InChI=1S/C26H50O5/c1-2-3-4-5-6-7-8-9-10-11-12-13-14-15-16-17-18-19-20-30-24-22-31-26(25(24)29)23(28)21-27/h3-4,23-29H,2,5-22H2,1H3/b4-3+/t23-,24+,25+,26+/m1/s1. The molecule has 1 fully saturated rings. The van der Waals surface area contributed by atoms with E-state index in [0.29, 0.717) is 6.61 Å². The van der Waals surface area contributed by atoms with E-state index in [9.17, 15) is 10.2 Å². The van der Waals surface area contributed by atoms with Crippen molar-refractivity contribution in [2.45, 2.75) is 134 Å². The molecule has 0 aromatic carbocycles. The summed E-state index contributed by atoms with van der Waals surface area (Å²) >= 11 is 0. The maximum absolute atomic E-state index is 10.1. The molecule has 0 radical (unpaired) electrons. The van der Waals surface area contributed by atoms with Gasteiger partial charge >= 0.3 is 0 Å². The van der Waals surface area contributed by atoms with Crippen LogP contribution in [0, 0.1) is 0 Å². The van der Waals surface area contributed by atoms with Crippen molar-refractivity contribution in [2.75, 3.05) is 19.8 Å². The minimum Gasteiger partial charge on any atom is -0.394 e. The summed E-state index contributed by atoms with van der Waals surface area (Å²) in [5.41, 5.74) is 0. The maximum Gasteiger partial charge on any atom is 0.114 e. The number of aliphatic hydroxyl groups is 3. The van der Waals surface area contributed by atoms with Gasteiger partial charge in [-0.15, -0.1) is 0 Å². The molecule has 1 heterocycles. The Morgan fingerprint density at radius 1 is 0.839 bits per heavy atom. The topological polar surface area (TPSA) is 79.2 Å². The Kier molecular flexibility index (Phi) is 18.6. The molecule has 1 saturated heterocycles. The van der Waals surface area contributed by atoms with Crippen molar-refractivity contribution in [1.82, 2.24) is 0 Å². The average Bonchev–Trinajstić information content (AvgIpc) is 3.15. The first kappa shape index (κ1) is 28.6. The summed E-state index contributed by atoms with van der Waals surface area (Å²) in [4.78, 5) is 0. The number of hydrogen-bond donors (Lipinski definition) is 3. The van der Waals surface area contributed by atoms with Crippen LogP contribution in [0.15, 0.2) is 12.2 Å². The Labute approximate surface area is 191 Å². The quantitative estimate of drug-likeness (QED) is 0.166. The van der Waals surface area contributed by atoms with Gasteiger partial charge in [-0.2, -0.15) is 0 Å². The molecule has 31 heavy (non-hydrogen) atoms. The third-order valence-corrected chi connectivity index (χ3v) is 6.24. The Morgan fingerprint density at radius 2 is 1.35 bits per heavy atom. The first-order chi connectivity index (χ1) is 15.2. The van der Waals surface area contributed by atoms with Crippen LogP contribution in [0.3, 0.4) is 0 Å². The second-order valence-corrected chi connectivity index (χ2v) is 9.07. The molecule has 1 aliphatic rings. The van der Waals surface area contributed by atoms with Gasteiger partial charge in [-0.1, -0.05) is 96.1 Å². The van der Waals surface area contributed by atoms with Crippen LogP contribution in [0.4, 0.5) is 0 Å². The number of hydrogen-bond acceptors (Lipinski definition) is 5. The second kappa shape index (κ2) is 20.2. The molecule has 184 valence electrons. The highest BCUT2D eigenvalue weighted by Crippen LogP contribution is 2.21. The van der Waals surface area contributed by atoms with Gasteiger partial charge in [0.2, 0.25) is 0 Å². The van der Waals surface area contributed by atoms with Crippen LogP contribution in [0.2, 0.25) is 0 Å². The Balaban J connectivity index is 1.77. The smallest absolute Gasteiger partial charge is 0.114 e. The van der Waals surface area contributed by atoms with Crippen molar-refractivity contribution in [3.8, 4) is 0 Å². The van der Waals surface area contributed by atoms with Gasteiger partial charge in [0.25, 0.3) is 0 Å². The van der Waals surface area contributed by atoms with Crippen molar-refractivity contribution < 1.29 is 24.8 Å². The van der Waals surface area contributed by atoms with Crippen LogP contribution in [-0.4, -0.2) is 59.6 Å². The lowest BCUT2D eigenvalue weighted by Gasteiger charge is -2.20. The Morgan fingerprint density at radius 3 is 1.87 bits per heavy atom. The zero-order chi connectivity index (χ0) is 22.6. The minimum atomic E-state index is -1.05. The van der Waals surface area contributed by atoms with E-state index in [4.69, 9.17) is 14.6 Å². The summed E-state index contributed by atoms with van der Waals surface area (Å²) in [5.74, 6) is 0. The van der Waals surface area contributed by atoms with E-state index in [1.54, 1.807) is 0 Å². The molecule has 0 spiro atoms. The predicted octanol–water partition coefficient (Wildman–Crippen LogP) is 5.30. The van der Waals surface area contributed by atoms with Crippen LogP contribution in [0.5, 0.6) is 0 Å². The number of aliphatic hydroxyl groups excluding tert-OH is 3. The van der Waals surface area contributed by atoms with E-state index in [2.05, 4.69) is 19.1 Å². The fourth-order valence-corrected chi connectivity index (χ4v) is 4.21. The van der Waals surface area contributed by atoms with Crippen molar-refractivity contribution in [2.24, 2.45) is 0 Å². The van der Waals surface area contributed by atoms with Crippen molar-refractivity contribution in [1.29, 1.82) is 0 Å².